The molecule has 2 nitrogen and oxygen atoms in total. The molecule has 0 fully saturated rings. The highest BCUT2D eigenvalue weighted by Crippen LogP contribution is 2.20. The van der Waals surface area contributed by atoms with E-state index in [1.54, 1.807) is 12.1 Å². The van der Waals surface area contributed by atoms with Crippen LogP contribution in [-0.2, 0) is 6.54 Å². The molecule has 2 aromatic rings. The van der Waals surface area contributed by atoms with Gasteiger partial charge in [-0.15, -0.1) is 0 Å². The summed E-state index contributed by atoms with van der Waals surface area (Å²) < 4.78 is 0. The number of benzene rings is 2. The number of halogens is 1. The molecule has 84 valence electrons. The summed E-state index contributed by atoms with van der Waals surface area (Å²) in [5, 5.41) is 12.6. The van der Waals surface area contributed by atoms with Gasteiger partial charge < -0.3 is 5.32 Å². The Bertz CT molecular complexity index is 544. The second-order valence-electron chi connectivity index (χ2n) is 3.65. The van der Waals surface area contributed by atoms with Gasteiger partial charge in [0.1, 0.15) is 6.07 Å². The third-order valence-corrected chi connectivity index (χ3v) is 2.76. The molecule has 1 N–H and O–H groups in total. The fourth-order valence-electron chi connectivity index (χ4n) is 1.52. The van der Waals surface area contributed by atoms with Gasteiger partial charge in [0.15, 0.2) is 0 Å². The zero-order valence-electron chi connectivity index (χ0n) is 9.15. The van der Waals surface area contributed by atoms with Gasteiger partial charge in [0.25, 0.3) is 0 Å². The topological polar surface area (TPSA) is 35.8 Å². The third-order valence-electron chi connectivity index (χ3n) is 2.43. The van der Waals surface area contributed by atoms with E-state index in [4.69, 9.17) is 16.9 Å². The standard InChI is InChI=1S/C14H11ClN2/c15-14-7-6-13(8-12(14)9-16)17-10-11-4-2-1-3-5-11/h1-8,17H,10H2. The van der Waals surface area contributed by atoms with E-state index in [9.17, 15) is 0 Å². The van der Waals surface area contributed by atoms with Crippen LogP contribution >= 0.6 is 11.6 Å². The molecule has 0 saturated carbocycles. The molecule has 2 aromatic carbocycles. The molecular weight excluding hydrogens is 232 g/mol. The van der Waals surface area contributed by atoms with Crippen molar-refractivity contribution in [2.45, 2.75) is 6.54 Å². The molecule has 17 heavy (non-hydrogen) atoms. The molecule has 0 bridgehead atoms. The minimum Gasteiger partial charge on any atom is -0.381 e. The second kappa shape index (κ2) is 5.38. The van der Waals surface area contributed by atoms with Crippen LogP contribution in [0.2, 0.25) is 5.02 Å². The first kappa shape index (κ1) is 11.5. The third kappa shape index (κ3) is 2.99. The van der Waals surface area contributed by atoms with Gasteiger partial charge in [-0.1, -0.05) is 41.9 Å². The Morgan fingerprint density at radius 1 is 1.12 bits per heavy atom. The first-order valence-corrected chi connectivity index (χ1v) is 5.65. The van der Waals surface area contributed by atoms with Gasteiger partial charge in [-0.05, 0) is 23.8 Å². The van der Waals surface area contributed by atoms with Crippen LogP contribution in [-0.4, -0.2) is 0 Å². The van der Waals surface area contributed by atoms with Crippen molar-refractivity contribution in [1.29, 1.82) is 5.26 Å². The van der Waals surface area contributed by atoms with Gasteiger partial charge in [-0.25, -0.2) is 0 Å². The minimum absolute atomic E-state index is 0.484. The molecule has 0 spiro atoms. The van der Waals surface area contributed by atoms with Crippen molar-refractivity contribution in [2.75, 3.05) is 5.32 Å². The van der Waals surface area contributed by atoms with Gasteiger partial charge in [0.05, 0.1) is 10.6 Å². The Balaban J connectivity index is 2.08. The number of rotatable bonds is 3. The number of hydrogen-bond acceptors (Lipinski definition) is 2. The maximum Gasteiger partial charge on any atom is 0.101 e. The van der Waals surface area contributed by atoms with Crippen molar-refractivity contribution in [2.24, 2.45) is 0 Å². The molecule has 0 aromatic heterocycles. The van der Waals surface area contributed by atoms with Crippen molar-refractivity contribution in [3.05, 3.63) is 64.7 Å². The van der Waals surface area contributed by atoms with E-state index in [2.05, 4.69) is 11.4 Å². The quantitative estimate of drug-likeness (QED) is 0.888. The molecule has 0 aliphatic rings. The molecular formula is C14H11ClN2. The summed E-state index contributed by atoms with van der Waals surface area (Å²) in [6.45, 7) is 0.730. The zero-order valence-corrected chi connectivity index (χ0v) is 9.91. The highest BCUT2D eigenvalue weighted by Gasteiger charge is 2.00. The van der Waals surface area contributed by atoms with Crippen LogP contribution in [0.5, 0.6) is 0 Å². The van der Waals surface area contributed by atoms with Gasteiger partial charge in [-0.3, -0.25) is 0 Å². The van der Waals surface area contributed by atoms with Crippen LogP contribution in [0.1, 0.15) is 11.1 Å². The maximum absolute atomic E-state index is 8.87. The van der Waals surface area contributed by atoms with E-state index in [-0.39, 0.29) is 0 Å². The number of hydrogen-bond donors (Lipinski definition) is 1. The minimum atomic E-state index is 0.484. The lowest BCUT2D eigenvalue weighted by atomic mass is 10.2. The molecule has 0 unspecified atom stereocenters. The van der Waals surface area contributed by atoms with Crippen molar-refractivity contribution in [3.63, 3.8) is 0 Å². The van der Waals surface area contributed by atoms with Gasteiger partial charge in [0.2, 0.25) is 0 Å². The number of nitriles is 1. The monoisotopic (exact) mass is 242 g/mol. The number of nitrogens with zero attached hydrogens (tertiary/aromatic N) is 1. The lowest BCUT2D eigenvalue weighted by molar-refractivity contribution is 1.15. The molecule has 0 aliphatic carbocycles. The fourth-order valence-corrected chi connectivity index (χ4v) is 1.68. The van der Waals surface area contributed by atoms with E-state index in [0.717, 1.165) is 12.2 Å². The molecule has 3 heteroatoms. The largest absolute Gasteiger partial charge is 0.381 e. The second-order valence-corrected chi connectivity index (χ2v) is 4.05. The van der Waals surface area contributed by atoms with Crippen molar-refractivity contribution < 1.29 is 0 Å². The van der Waals surface area contributed by atoms with E-state index in [1.807, 2.05) is 36.4 Å². The fraction of sp³-hybridized carbons (Fsp3) is 0.0714. The van der Waals surface area contributed by atoms with Crippen molar-refractivity contribution in [1.82, 2.24) is 0 Å². The van der Waals surface area contributed by atoms with Crippen LogP contribution in [0.15, 0.2) is 48.5 Å². The molecule has 0 heterocycles. The zero-order chi connectivity index (χ0) is 12.1. The summed E-state index contributed by atoms with van der Waals surface area (Å²) in [5.41, 5.74) is 2.58. The van der Waals surface area contributed by atoms with Crippen LogP contribution in [0.25, 0.3) is 0 Å². The Hall–Kier alpha value is -1.98. The highest BCUT2D eigenvalue weighted by molar-refractivity contribution is 6.31. The predicted molar refractivity (Wildman–Crippen MR) is 69.9 cm³/mol. The van der Waals surface area contributed by atoms with E-state index >= 15 is 0 Å². The Labute approximate surface area is 105 Å². The van der Waals surface area contributed by atoms with Crippen LogP contribution in [0.3, 0.4) is 0 Å². The Morgan fingerprint density at radius 3 is 2.59 bits per heavy atom. The molecule has 2 rings (SSSR count). The van der Waals surface area contributed by atoms with Crippen LogP contribution < -0.4 is 5.32 Å². The van der Waals surface area contributed by atoms with E-state index < -0.39 is 0 Å². The lowest BCUT2D eigenvalue weighted by Crippen LogP contribution is -1.99. The van der Waals surface area contributed by atoms with E-state index in [0.29, 0.717) is 10.6 Å². The first-order chi connectivity index (χ1) is 8.29. The summed E-state index contributed by atoms with van der Waals surface area (Å²) in [6, 6.07) is 17.5. The molecule has 0 amide bonds. The maximum atomic E-state index is 8.87. The van der Waals surface area contributed by atoms with Crippen LogP contribution in [0, 0.1) is 11.3 Å². The summed E-state index contributed by atoms with van der Waals surface area (Å²) in [6.07, 6.45) is 0. The molecule has 0 aliphatic heterocycles. The van der Waals surface area contributed by atoms with Gasteiger partial charge in [-0.2, -0.15) is 5.26 Å². The first-order valence-electron chi connectivity index (χ1n) is 5.27. The smallest absolute Gasteiger partial charge is 0.101 e. The van der Waals surface area contributed by atoms with Gasteiger partial charge in [0, 0.05) is 12.2 Å². The van der Waals surface area contributed by atoms with Crippen molar-refractivity contribution >= 4 is 17.3 Å². The normalized spacial score (nSPS) is 9.65. The predicted octanol–water partition coefficient (Wildman–Crippen LogP) is 3.82. The SMILES string of the molecule is N#Cc1cc(NCc2ccccc2)ccc1Cl. The lowest BCUT2D eigenvalue weighted by Gasteiger charge is -2.07. The average Bonchev–Trinajstić information content (AvgIpc) is 2.39. The Kier molecular flexibility index (Phi) is 3.64. The summed E-state index contributed by atoms with van der Waals surface area (Å²) in [5.74, 6) is 0. The molecule has 0 atom stereocenters. The number of nitrogens with one attached hydrogen (secondary N) is 1. The highest BCUT2D eigenvalue weighted by atomic mass is 35.5. The number of anilines is 1. The summed E-state index contributed by atoms with van der Waals surface area (Å²) in [4.78, 5) is 0. The molecule has 0 saturated heterocycles. The summed E-state index contributed by atoms with van der Waals surface area (Å²) in [7, 11) is 0. The average molecular weight is 243 g/mol. The van der Waals surface area contributed by atoms with Crippen LogP contribution in [0.4, 0.5) is 5.69 Å². The molecule has 0 radical (unpaired) electrons. The van der Waals surface area contributed by atoms with E-state index in [1.165, 1.54) is 5.56 Å². The van der Waals surface area contributed by atoms with Crippen molar-refractivity contribution in [3.8, 4) is 6.07 Å². The van der Waals surface area contributed by atoms with Gasteiger partial charge >= 0.3 is 0 Å². The Morgan fingerprint density at radius 2 is 1.88 bits per heavy atom. The summed E-state index contributed by atoms with van der Waals surface area (Å²) >= 11 is 5.86.